The fraction of sp³-hybridized carbons (Fsp3) is 0.294. The lowest BCUT2D eigenvalue weighted by molar-refractivity contribution is 0.103. The molecular weight excluding hydrogens is 282 g/mol. The first-order valence-corrected chi connectivity index (χ1v) is 8.06. The Balaban J connectivity index is 1.74. The number of thiophene rings is 1. The van der Waals surface area contributed by atoms with E-state index in [9.17, 15) is 9.59 Å². The summed E-state index contributed by atoms with van der Waals surface area (Å²) in [5, 5.41) is 2.89. The number of aryl methyl sites for hydroxylation is 2. The number of carbonyl (C=O) groups is 2. The third-order valence-electron chi connectivity index (χ3n) is 3.78. The molecule has 3 nitrogen and oxygen atoms in total. The van der Waals surface area contributed by atoms with E-state index in [0.29, 0.717) is 11.3 Å². The smallest absolute Gasteiger partial charge is 0.265 e. The second kappa shape index (κ2) is 6.22. The minimum Gasteiger partial charge on any atom is -0.321 e. The summed E-state index contributed by atoms with van der Waals surface area (Å²) < 4.78 is 0. The summed E-state index contributed by atoms with van der Waals surface area (Å²) in [5.41, 5.74) is 2.67. The summed E-state index contributed by atoms with van der Waals surface area (Å²) in [6.45, 7) is 0. The molecule has 0 saturated carbocycles. The normalized spacial score (nSPS) is 14.1. The van der Waals surface area contributed by atoms with Crippen molar-refractivity contribution in [2.75, 3.05) is 5.32 Å². The van der Waals surface area contributed by atoms with Crippen LogP contribution in [0.4, 0.5) is 5.69 Å². The van der Waals surface area contributed by atoms with Crippen LogP contribution in [0.25, 0.3) is 0 Å². The molecule has 1 aliphatic rings. The van der Waals surface area contributed by atoms with E-state index >= 15 is 0 Å². The van der Waals surface area contributed by atoms with Crippen LogP contribution in [0.3, 0.4) is 0 Å². The summed E-state index contributed by atoms with van der Waals surface area (Å²) >= 11 is 1.62. The predicted octanol–water partition coefficient (Wildman–Crippen LogP) is 4.08. The first-order chi connectivity index (χ1) is 10.3. The fourth-order valence-electron chi connectivity index (χ4n) is 2.62. The van der Waals surface area contributed by atoms with E-state index in [1.165, 1.54) is 29.7 Å². The first-order valence-electron chi connectivity index (χ1n) is 7.24. The maximum Gasteiger partial charge on any atom is 0.265 e. The highest BCUT2D eigenvalue weighted by Gasteiger charge is 2.16. The van der Waals surface area contributed by atoms with Crippen LogP contribution in [-0.4, -0.2) is 12.2 Å². The molecule has 0 aliphatic heterocycles. The minimum atomic E-state index is -0.0630. The molecular formula is C17H17NO2S. The highest BCUT2D eigenvalue weighted by molar-refractivity contribution is 7.14. The van der Waals surface area contributed by atoms with Gasteiger partial charge in [-0.05, 0) is 61.6 Å². The van der Waals surface area contributed by atoms with Crippen LogP contribution >= 0.6 is 11.3 Å². The standard InChI is InChI=1S/C17H17NO2S/c19-11-12-6-8-14(9-7-12)18-17(20)16-10-13-4-2-1-3-5-15(13)21-16/h6-11H,1-5H2,(H,18,20). The van der Waals surface area contributed by atoms with Gasteiger partial charge in [0, 0.05) is 16.1 Å². The Morgan fingerprint density at radius 1 is 1.10 bits per heavy atom. The van der Waals surface area contributed by atoms with Crippen molar-refractivity contribution in [2.45, 2.75) is 32.1 Å². The summed E-state index contributed by atoms with van der Waals surface area (Å²) in [4.78, 5) is 25.1. The third kappa shape index (κ3) is 3.22. The van der Waals surface area contributed by atoms with Crippen molar-refractivity contribution in [1.29, 1.82) is 0 Å². The number of fused-ring (bicyclic) bond motifs is 1. The molecule has 108 valence electrons. The molecule has 0 unspecified atom stereocenters. The van der Waals surface area contributed by atoms with Crippen LogP contribution < -0.4 is 5.32 Å². The van der Waals surface area contributed by atoms with Crippen LogP contribution in [0, 0.1) is 0 Å². The lowest BCUT2D eigenvalue weighted by Crippen LogP contribution is -2.10. The van der Waals surface area contributed by atoms with Crippen molar-refractivity contribution >= 4 is 29.2 Å². The van der Waals surface area contributed by atoms with Gasteiger partial charge < -0.3 is 5.32 Å². The number of rotatable bonds is 3. The third-order valence-corrected chi connectivity index (χ3v) is 5.01. The molecule has 1 heterocycles. The Morgan fingerprint density at radius 3 is 2.62 bits per heavy atom. The summed E-state index contributed by atoms with van der Waals surface area (Å²) in [6, 6.07) is 8.94. The molecule has 2 aromatic rings. The van der Waals surface area contributed by atoms with Gasteiger partial charge in [0.1, 0.15) is 6.29 Å². The van der Waals surface area contributed by atoms with Crippen LogP contribution in [0.2, 0.25) is 0 Å². The monoisotopic (exact) mass is 299 g/mol. The molecule has 0 radical (unpaired) electrons. The second-order valence-electron chi connectivity index (χ2n) is 5.31. The SMILES string of the molecule is O=Cc1ccc(NC(=O)c2cc3c(s2)CCCCC3)cc1. The number of amides is 1. The highest BCUT2D eigenvalue weighted by Crippen LogP contribution is 2.29. The van der Waals surface area contributed by atoms with Gasteiger partial charge in [-0.1, -0.05) is 6.42 Å². The number of anilines is 1. The van der Waals surface area contributed by atoms with Crippen molar-refractivity contribution in [2.24, 2.45) is 0 Å². The lowest BCUT2D eigenvalue weighted by Gasteiger charge is -2.03. The number of hydrogen-bond donors (Lipinski definition) is 1. The molecule has 0 fully saturated rings. The maximum atomic E-state index is 12.3. The van der Waals surface area contributed by atoms with E-state index in [1.807, 2.05) is 6.07 Å². The van der Waals surface area contributed by atoms with Gasteiger partial charge in [0.25, 0.3) is 5.91 Å². The van der Waals surface area contributed by atoms with Crippen molar-refractivity contribution < 1.29 is 9.59 Å². The zero-order valence-corrected chi connectivity index (χ0v) is 12.5. The average molecular weight is 299 g/mol. The van der Waals surface area contributed by atoms with Gasteiger partial charge in [-0.2, -0.15) is 0 Å². The van der Waals surface area contributed by atoms with E-state index in [2.05, 4.69) is 5.32 Å². The second-order valence-corrected chi connectivity index (χ2v) is 6.45. The van der Waals surface area contributed by atoms with Crippen molar-refractivity contribution in [3.63, 3.8) is 0 Å². The molecule has 0 saturated heterocycles. The topological polar surface area (TPSA) is 46.2 Å². The Kier molecular flexibility index (Phi) is 4.15. The Labute approximate surface area is 128 Å². The molecule has 1 N–H and O–H groups in total. The highest BCUT2D eigenvalue weighted by atomic mass is 32.1. The van der Waals surface area contributed by atoms with Crippen LogP contribution in [0.5, 0.6) is 0 Å². The lowest BCUT2D eigenvalue weighted by atomic mass is 10.1. The van der Waals surface area contributed by atoms with Gasteiger partial charge >= 0.3 is 0 Å². The number of benzene rings is 1. The van der Waals surface area contributed by atoms with Gasteiger partial charge in [0.15, 0.2) is 0 Å². The molecule has 0 atom stereocenters. The summed E-state index contributed by atoms with van der Waals surface area (Å²) in [6.07, 6.45) is 6.71. The molecule has 0 spiro atoms. The van der Waals surface area contributed by atoms with Gasteiger partial charge in [0.05, 0.1) is 4.88 Å². The fourth-order valence-corrected chi connectivity index (χ4v) is 3.77. The first kappa shape index (κ1) is 14.0. The van der Waals surface area contributed by atoms with Gasteiger partial charge in [-0.25, -0.2) is 0 Å². The van der Waals surface area contributed by atoms with E-state index in [0.717, 1.165) is 24.0 Å². The molecule has 1 aromatic heterocycles. The van der Waals surface area contributed by atoms with Gasteiger partial charge in [-0.15, -0.1) is 11.3 Å². The molecule has 4 heteroatoms. The number of aldehydes is 1. The van der Waals surface area contributed by atoms with Crippen LogP contribution in [0.1, 0.15) is 49.7 Å². The largest absolute Gasteiger partial charge is 0.321 e. The molecule has 1 amide bonds. The Bertz CT molecular complexity index is 634. The van der Waals surface area contributed by atoms with E-state index < -0.39 is 0 Å². The zero-order chi connectivity index (χ0) is 14.7. The van der Waals surface area contributed by atoms with E-state index in [4.69, 9.17) is 0 Å². The van der Waals surface area contributed by atoms with Crippen molar-refractivity contribution in [3.05, 3.63) is 51.2 Å². The Morgan fingerprint density at radius 2 is 1.86 bits per heavy atom. The number of nitrogens with one attached hydrogen (secondary N) is 1. The maximum absolute atomic E-state index is 12.3. The summed E-state index contributed by atoms with van der Waals surface area (Å²) in [7, 11) is 0. The molecule has 1 aromatic carbocycles. The summed E-state index contributed by atoms with van der Waals surface area (Å²) in [5.74, 6) is -0.0630. The molecule has 1 aliphatic carbocycles. The zero-order valence-electron chi connectivity index (χ0n) is 11.7. The number of carbonyl (C=O) groups excluding carboxylic acids is 2. The van der Waals surface area contributed by atoms with Crippen LogP contribution in [0.15, 0.2) is 30.3 Å². The van der Waals surface area contributed by atoms with Gasteiger partial charge in [-0.3, -0.25) is 9.59 Å². The van der Waals surface area contributed by atoms with E-state index in [-0.39, 0.29) is 5.91 Å². The van der Waals surface area contributed by atoms with Gasteiger partial charge in [0.2, 0.25) is 0 Å². The molecule has 0 bridgehead atoms. The predicted molar refractivity (Wildman–Crippen MR) is 85.4 cm³/mol. The van der Waals surface area contributed by atoms with Crippen molar-refractivity contribution in [1.82, 2.24) is 0 Å². The van der Waals surface area contributed by atoms with Crippen molar-refractivity contribution in [3.8, 4) is 0 Å². The van der Waals surface area contributed by atoms with Crippen LogP contribution in [-0.2, 0) is 12.8 Å². The number of hydrogen-bond acceptors (Lipinski definition) is 3. The van der Waals surface area contributed by atoms with E-state index in [1.54, 1.807) is 35.6 Å². The molecule has 21 heavy (non-hydrogen) atoms. The quantitative estimate of drug-likeness (QED) is 0.685. The minimum absolute atomic E-state index is 0.0630. The average Bonchev–Trinajstić information content (AvgIpc) is 2.79. The molecule has 3 rings (SSSR count). The Hall–Kier alpha value is -1.94.